The van der Waals surface area contributed by atoms with E-state index in [-0.39, 0.29) is 6.54 Å². The number of esters is 1. The molecule has 0 atom stereocenters. The lowest BCUT2D eigenvalue weighted by Gasteiger charge is -2.07. The van der Waals surface area contributed by atoms with E-state index in [9.17, 15) is 4.79 Å². The van der Waals surface area contributed by atoms with Crippen molar-refractivity contribution in [3.8, 4) is 5.75 Å². The second-order valence-electron chi connectivity index (χ2n) is 2.88. The Labute approximate surface area is 77.5 Å². The smallest absolute Gasteiger partial charge is 0.325 e. The molecule has 1 aromatic rings. The van der Waals surface area contributed by atoms with Crippen LogP contribution in [0.1, 0.15) is 11.1 Å². The summed E-state index contributed by atoms with van der Waals surface area (Å²) in [6.07, 6.45) is 0. The average Bonchev–Trinajstić information content (AvgIpc) is 2.13. The minimum atomic E-state index is -0.409. The van der Waals surface area contributed by atoms with E-state index in [1.165, 1.54) is 0 Å². The Kier molecular flexibility index (Phi) is 3.03. The molecule has 0 amide bonds. The van der Waals surface area contributed by atoms with Crippen molar-refractivity contribution in [1.82, 2.24) is 0 Å². The Bertz CT molecular complexity index is 321. The standard InChI is InChI=1S/C10H13NO2/c1-7-4-3-5-9(8(7)2)13-10(12)6-11/h3-5H,6,11H2,1-2H3. The fourth-order valence-electron chi connectivity index (χ4n) is 0.999. The van der Waals surface area contributed by atoms with Crippen molar-refractivity contribution in [2.75, 3.05) is 6.54 Å². The van der Waals surface area contributed by atoms with Crippen molar-refractivity contribution < 1.29 is 9.53 Å². The van der Waals surface area contributed by atoms with E-state index in [0.29, 0.717) is 5.75 Å². The van der Waals surface area contributed by atoms with Crippen LogP contribution in [0.15, 0.2) is 18.2 Å². The van der Waals surface area contributed by atoms with Gasteiger partial charge in [0.2, 0.25) is 0 Å². The van der Waals surface area contributed by atoms with Gasteiger partial charge in [0.15, 0.2) is 0 Å². The molecular formula is C10H13NO2. The van der Waals surface area contributed by atoms with Crippen molar-refractivity contribution in [2.45, 2.75) is 13.8 Å². The molecule has 0 aromatic heterocycles. The zero-order valence-electron chi connectivity index (χ0n) is 7.83. The van der Waals surface area contributed by atoms with E-state index in [1.54, 1.807) is 6.07 Å². The molecule has 0 bridgehead atoms. The quantitative estimate of drug-likeness (QED) is 0.547. The second-order valence-corrected chi connectivity index (χ2v) is 2.88. The molecule has 70 valence electrons. The average molecular weight is 179 g/mol. The highest BCUT2D eigenvalue weighted by Crippen LogP contribution is 2.20. The van der Waals surface area contributed by atoms with Gasteiger partial charge in [0.1, 0.15) is 5.75 Å². The van der Waals surface area contributed by atoms with Crippen molar-refractivity contribution in [2.24, 2.45) is 5.73 Å². The maximum Gasteiger partial charge on any atom is 0.325 e. The number of aryl methyl sites for hydroxylation is 1. The van der Waals surface area contributed by atoms with Crippen molar-refractivity contribution in [3.05, 3.63) is 29.3 Å². The maximum atomic E-state index is 10.9. The molecule has 0 heterocycles. The molecule has 0 aliphatic rings. The van der Waals surface area contributed by atoms with Gasteiger partial charge in [-0.05, 0) is 31.0 Å². The number of hydrogen-bond donors (Lipinski definition) is 1. The van der Waals surface area contributed by atoms with Gasteiger partial charge < -0.3 is 10.5 Å². The summed E-state index contributed by atoms with van der Waals surface area (Å²) >= 11 is 0. The highest BCUT2D eigenvalue weighted by Gasteiger charge is 2.05. The molecule has 3 nitrogen and oxygen atoms in total. The third-order valence-corrected chi connectivity index (χ3v) is 1.95. The van der Waals surface area contributed by atoms with Crippen molar-refractivity contribution in [3.63, 3.8) is 0 Å². The number of nitrogens with two attached hydrogens (primary N) is 1. The number of benzene rings is 1. The molecule has 0 saturated heterocycles. The van der Waals surface area contributed by atoms with Crippen LogP contribution in [0.2, 0.25) is 0 Å². The van der Waals surface area contributed by atoms with Gasteiger partial charge in [-0.2, -0.15) is 0 Å². The molecule has 0 fully saturated rings. The van der Waals surface area contributed by atoms with Crippen LogP contribution in [-0.2, 0) is 4.79 Å². The van der Waals surface area contributed by atoms with Crippen LogP contribution in [0.4, 0.5) is 0 Å². The third kappa shape index (κ3) is 2.29. The van der Waals surface area contributed by atoms with Gasteiger partial charge in [-0.1, -0.05) is 12.1 Å². The molecule has 1 aromatic carbocycles. The normalized spacial score (nSPS) is 9.77. The van der Waals surface area contributed by atoms with Crippen LogP contribution >= 0.6 is 0 Å². The van der Waals surface area contributed by atoms with Gasteiger partial charge in [0.05, 0.1) is 6.54 Å². The van der Waals surface area contributed by atoms with E-state index >= 15 is 0 Å². The molecular weight excluding hydrogens is 166 g/mol. The summed E-state index contributed by atoms with van der Waals surface area (Å²) in [5, 5.41) is 0. The minimum Gasteiger partial charge on any atom is -0.425 e. The molecule has 0 aliphatic heterocycles. The number of rotatable bonds is 2. The first-order valence-corrected chi connectivity index (χ1v) is 4.12. The first-order chi connectivity index (χ1) is 6.15. The molecule has 0 saturated carbocycles. The number of carbonyl (C=O) groups excluding carboxylic acids is 1. The fraction of sp³-hybridized carbons (Fsp3) is 0.300. The summed E-state index contributed by atoms with van der Waals surface area (Å²) in [5.74, 6) is 0.184. The zero-order chi connectivity index (χ0) is 9.84. The molecule has 0 radical (unpaired) electrons. The van der Waals surface area contributed by atoms with Crippen LogP contribution in [-0.4, -0.2) is 12.5 Å². The van der Waals surface area contributed by atoms with Crippen molar-refractivity contribution in [1.29, 1.82) is 0 Å². The molecule has 13 heavy (non-hydrogen) atoms. The maximum absolute atomic E-state index is 10.9. The molecule has 0 spiro atoms. The minimum absolute atomic E-state index is 0.0899. The van der Waals surface area contributed by atoms with Crippen LogP contribution in [0.3, 0.4) is 0 Å². The van der Waals surface area contributed by atoms with E-state index in [2.05, 4.69) is 0 Å². The van der Waals surface area contributed by atoms with Gasteiger partial charge in [-0.3, -0.25) is 4.79 Å². The Morgan fingerprint density at radius 3 is 2.77 bits per heavy atom. The summed E-state index contributed by atoms with van der Waals surface area (Å²) in [6.45, 7) is 3.79. The number of ether oxygens (including phenoxy) is 1. The topological polar surface area (TPSA) is 52.3 Å². The highest BCUT2D eigenvalue weighted by atomic mass is 16.5. The molecule has 1 rings (SSSR count). The summed E-state index contributed by atoms with van der Waals surface area (Å²) in [6, 6.07) is 5.58. The van der Waals surface area contributed by atoms with Gasteiger partial charge in [-0.15, -0.1) is 0 Å². The summed E-state index contributed by atoms with van der Waals surface area (Å²) in [4.78, 5) is 10.9. The lowest BCUT2D eigenvalue weighted by Crippen LogP contribution is -2.19. The largest absolute Gasteiger partial charge is 0.425 e. The lowest BCUT2D eigenvalue weighted by atomic mass is 10.1. The first kappa shape index (κ1) is 9.74. The number of hydrogen-bond acceptors (Lipinski definition) is 3. The van der Waals surface area contributed by atoms with Crippen molar-refractivity contribution >= 4 is 5.97 Å². The predicted molar refractivity (Wildman–Crippen MR) is 50.6 cm³/mol. The van der Waals surface area contributed by atoms with E-state index in [4.69, 9.17) is 10.5 Å². The number of carbonyl (C=O) groups is 1. The molecule has 0 unspecified atom stereocenters. The first-order valence-electron chi connectivity index (χ1n) is 4.12. The SMILES string of the molecule is Cc1cccc(OC(=O)CN)c1C. The van der Waals surface area contributed by atoms with Gasteiger partial charge in [0.25, 0.3) is 0 Å². The van der Waals surface area contributed by atoms with Gasteiger partial charge >= 0.3 is 5.97 Å². The fourth-order valence-corrected chi connectivity index (χ4v) is 0.999. The van der Waals surface area contributed by atoms with Crippen LogP contribution < -0.4 is 10.5 Å². The Hall–Kier alpha value is -1.35. The monoisotopic (exact) mass is 179 g/mol. The molecule has 3 heteroatoms. The third-order valence-electron chi connectivity index (χ3n) is 1.95. The van der Waals surface area contributed by atoms with E-state index in [1.807, 2.05) is 26.0 Å². The summed E-state index contributed by atoms with van der Waals surface area (Å²) in [5.41, 5.74) is 7.21. The van der Waals surface area contributed by atoms with Gasteiger partial charge in [-0.25, -0.2) is 0 Å². The Morgan fingerprint density at radius 1 is 1.46 bits per heavy atom. The van der Waals surface area contributed by atoms with E-state index < -0.39 is 5.97 Å². The van der Waals surface area contributed by atoms with E-state index in [0.717, 1.165) is 11.1 Å². The predicted octanol–water partition coefficient (Wildman–Crippen LogP) is 1.17. The van der Waals surface area contributed by atoms with Crippen LogP contribution in [0, 0.1) is 13.8 Å². The summed E-state index contributed by atoms with van der Waals surface area (Å²) < 4.78 is 5.01. The highest BCUT2D eigenvalue weighted by molar-refractivity contribution is 5.74. The Balaban J connectivity index is 2.89. The molecule has 2 N–H and O–H groups in total. The van der Waals surface area contributed by atoms with Gasteiger partial charge in [0, 0.05) is 0 Å². The summed E-state index contributed by atoms with van der Waals surface area (Å²) in [7, 11) is 0. The second kappa shape index (κ2) is 4.05. The Morgan fingerprint density at radius 2 is 2.15 bits per heavy atom. The van der Waals surface area contributed by atoms with Crippen LogP contribution in [0.5, 0.6) is 5.75 Å². The zero-order valence-corrected chi connectivity index (χ0v) is 7.83. The molecule has 0 aliphatic carbocycles. The lowest BCUT2D eigenvalue weighted by molar-refractivity contribution is -0.132. The van der Waals surface area contributed by atoms with Crippen LogP contribution in [0.25, 0.3) is 0 Å².